The highest BCUT2D eigenvalue weighted by Crippen LogP contribution is 2.26. The van der Waals surface area contributed by atoms with Crippen molar-refractivity contribution in [1.82, 2.24) is 0 Å². The molecule has 2 aromatic rings. The first-order valence-corrected chi connectivity index (χ1v) is 6.27. The zero-order valence-electron chi connectivity index (χ0n) is 11.4. The summed E-state index contributed by atoms with van der Waals surface area (Å²) in [7, 11) is 1.54. The Bertz CT molecular complexity index is 591. The van der Waals surface area contributed by atoms with E-state index in [9.17, 15) is 13.9 Å². The molecule has 1 N–H and O–H groups in total. The molecule has 1 atom stereocenters. The Balaban J connectivity index is 2.27. The second-order valence-electron chi connectivity index (χ2n) is 4.74. The van der Waals surface area contributed by atoms with Crippen molar-refractivity contribution in [2.75, 3.05) is 7.11 Å². The molecule has 0 amide bonds. The zero-order chi connectivity index (χ0) is 14.7. The van der Waals surface area contributed by atoms with Crippen molar-refractivity contribution in [2.24, 2.45) is 0 Å². The summed E-state index contributed by atoms with van der Waals surface area (Å²) in [5, 5.41) is 10.1. The number of ether oxygens (including phenoxy) is 1. The molecular formula is C16H16F2O2. The molecule has 0 fully saturated rings. The van der Waals surface area contributed by atoms with Crippen molar-refractivity contribution in [2.45, 2.75) is 19.4 Å². The first-order chi connectivity index (χ1) is 9.49. The van der Waals surface area contributed by atoms with Gasteiger partial charge in [-0.15, -0.1) is 0 Å². The third kappa shape index (κ3) is 3.33. The number of hydrogen-bond donors (Lipinski definition) is 1. The molecule has 4 heteroatoms. The van der Waals surface area contributed by atoms with Gasteiger partial charge in [-0.25, -0.2) is 8.78 Å². The van der Waals surface area contributed by atoms with E-state index < -0.39 is 17.7 Å². The lowest BCUT2D eigenvalue weighted by atomic mass is 9.99. The van der Waals surface area contributed by atoms with Crippen LogP contribution in [0.4, 0.5) is 8.78 Å². The average Bonchev–Trinajstić information content (AvgIpc) is 2.37. The van der Waals surface area contributed by atoms with Crippen LogP contribution in [0, 0.1) is 18.6 Å². The first kappa shape index (κ1) is 14.5. The lowest BCUT2D eigenvalue weighted by Crippen LogP contribution is -2.05. The molecular weight excluding hydrogens is 262 g/mol. The van der Waals surface area contributed by atoms with Crippen molar-refractivity contribution in [3.05, 3.63) is 64.7 Å². The van der Waals surface area contributed by atoms with Crippen LogP contribution in [0.2, 0.25) is 0 Å². The summed E-state index contributed by atoms with van der Waals surface area (Å²) in [5.41, 5.74) is 2.04. The molecule has 1 unspecified atom stereocenters. The molecule has 0 saturated heterocycles. The van der Waals surface area contributed by atoms with Gasteiger partial charge in [-0.05, 0) is 36.2 Å². The molecule has 0 heterocycles. The first-order valence-electron chi connectivity index (χ1n) is 6.27. The highest BCUT2D eigenvalue weighted by atomic mass is 19.1. The lowest BCUT2D eigenvalue weighted by molar-refractivity contribution is 0.176. The zero-order valence-corrected chi connectivity index (χ0v) is 11.4. The molecule has 106 valence electrons. The van der Waals surface area contributed by atoms with E-state index in [1.807, 2.05) is 25.1 Å². The molecule has 20 heavy (non-hydrogen) atoms. The average molecular weight is 278 g/mol. The van der Waals surface area contributed by atoms with Gasteiger partial charge in [0.25, 0.3) is 0 Å². The van der Waals surface area contributed by atoms with Gasteiger partial charge in [0.2, 0.25) is 0 Å². The number of rotatable bonds is 4. The highest BCUT2D eigenvalue weighted by Gasteiger charge is 2.14. The Hall–Kier alpha value is -1.94. The molecule has 0 aliphatic carbocycles. The molecule has 0 saturated carbocycles. The minimum Gasteiger partial charge on any atom is -0.496 e. The summed E-state index contributed by atoms with van der Waals surface area (Å²) < 4.78 is 31.5. The number of aliphatic hydroxyl groups is 1. The Kier molecular flexibility index (Phi) is 4.35. The highest BCUT2D eigenvalue weighted by molar-refractivity contribution is 5.38. The molecule has 0 spiro atoms. The van der Waals surface area contributed by atoms with Crippen LogP contribution in [0.3, 0.4) is 0 Å². The van der Waals surface area contributed by atoms with Crippen LogP contribution in [-0.4, -0.2) is 12.2 Å². The van der Waals surface area contributed by atoms with Gasteiger partial charge < -0.3 is 9.84 Å². The fourth-order valence-electron chi connectivity index (χ4n) is 2.16. The topological polar surface area (TPSA) is 29.5 Å². The van der Waals surface area contributed by atoms with Gasteiger partial charge in [0.1, 0.15) is 17.4 Å². The van der Waals surface area contributed by atoms with Gasteiger partial charge >= 0.3 is 0 Å². The maximum Gasteiger partial charge on any atom is 0.126 e. The van der Waals surface area contributed by atoms with Gasteiger partial charge in [-0.1, -0.05) is 17.7 Å². The van der Waals surface area contributed by atoms with Crippen molar-refractivity contribution >= 4 is 0 Å². The Morgan fingerprint density at radius 2 is 1.75 bits per heavy atom. The van der Waals surface area contributed by atoms with Crippen molar-refractivity contribution in [3.63, 3.8) is 0 Å². The predicted molar refractivity (Wildman–Crippen MR) is 72.8 cm³/mol. The van der Waals surface area contributed by atoms with E-state index in [-0.39, 0.29) is 12.0 Å². The molecule has 2 nitrogen and oxygen atoms in total. The maximum absolute atomic E-state index is 13.2. The number of benzene rings is 2. The number of methoxy groups -OCH3 is 1. The van der Waals surface area contributed by atoms with Crippen LogP contribution in [-0.2, 0) is 6.42 Å². The van der Waals surface area contributed by atoms with E-state index in [1.54, 1.807) is 7.11 Å². The number of aryl methyl sites for hydroxylation is 1. The van der Waals surface area contributed by atoms with E-state index in [4.69, 9.17) is 4.74 Å². The summed E-state index contributed by atoms with van der Waals surface area (Å²) in [5.74, 6) is -0.753. The van der Waals surface area contributed by atoms with Crippen molar-refractivity contribution in [1.29, 1.82) is 0 Å². The van der Waals surface area contributed by atoms with Gasteiger partial charge in [0.05, 0.1) is 13.2 Å². The van der Waals surface area contributed by atoms with Crippen molar-refractivity contribution in [3.8, 4) is 5.75 Å². The van der Waals surface area contributed by atoms with Gasteiger partial charge in [-0.3, -0.25) is 0 Å². The number of hydrogen-bond acceptors (Lipinski definition) is 2. The fourth-order valence-corrected chi connectivity index (χ4v) is 2.16. The summed E-state index contributed by atoms with van der Waals surface area (Å²) in [6.45, 7) is 1.93. The minimum atomic E-state index is -0.990. The SMILES string of the molecule is COc1ccc(C)cc1CC(O)c1cc(F)cc(F)c1. The third-order valence-corrected chi connectivity index (χ3v) is 3.12. The smallest absolute Gasteiger partial charge is 0.126 e. The fraction of sp³-hybridized carbons (Fsp3) is 0.250. The monoisotopic (exact) mass is 278 g/mol. The molecule has 0 aliphatic heterocycles. The molecule has 2 aromatic carbocycles. The molecule has 0 radical (unpaired) electrons. The molecule has 0 bridgehead atoms. The van der Waals surface area contributed by atoms with E-state index in [0.29, 0.717) is 5.75 Å². The molecule has 2 rings (SSSR count). The van der Waals surface area contributed by atoms with Crippen LogP contribution >= 0.6 is 0 Å². The Morgan fingerprint density at radius 3 is 2.35 bits per heavy atom. The second-order valence-corrected chi connectivity index (χ2v) is 4.74. The van der Waals surface area contributed by atoms with Gasteiger partial charge in [0, 0.05) is 12.5 Å². The summed E-state index contributed by atoms with van der Waals surface area (Å²) in [6, 6.07) is 8.65. The maximum atomic E-state index is 13.2. The predicted octanol–water partition coefficient (Wildman–Crippen LogP) is 3.56. The second kappa shape index (κ2) is 6.01. The van der Waals surface area contributed by atoms with Crippen LogP contribution < -0.4 is 4.74 Å². The lowest BCUT2D eigenvalue weighted by Gasteiger charge is -2.14. The standard InChI is InChI=1S/C16H16F2O2/c1-10-3-4-16(20-2)12(5-10)8-15(19)11-6-13(17)9-14(18)7-11/h3-7,9,15,19H,8H2,1-2H3. The van der Waals surface area contributed by atoms with Crippen LogP contribution in [0.5, 0.6) is 5.75 Å². The van der Waals surface area contributed by atoms with Crippen LogP contribution in [0.25, 0.3) is 0 Å². The summed E-state index contributed by atoms with van der Waals surface area (Å²) in [6.07, 6.45) is -0.760. The Morgan fingerprint density at radius 1 is 1.10 bits per heavy atom. The summed E-state index contributed by atoms with van der Waals surface area (Å²) >= 11 is 0. The number of aliphatic hydroxyl groups excluding tert-OH is 1. The quantitative estimate of drug-likeness (QED) is 0.926. The van der Waals surface area contributed by atoms with Crippen LogP contribution in [0.1, 0.15) is 22.8 Å². The normalized spacial score (nSPS) is 12.2. The van der Waals surface area contributed by atoms with Gasteiger partial charge in [0.15, 0.2) is 0 Å². The molecule has 0 aromatic heterocycles. The Labute approximate surface area is 116 Å². The largest absolute Gasteiger partial charge is 0.496 e. The summed E-state index contributed by atoms with van der Waals surface area (Å²) in [4.78, 5) is 0. The minimum absolute atomic E-state index is 0.214. The van der Waals surface area contributed by atoms with Crippen molar-refractivity contribution < 1.29 is 18.6 Å². The number of halogens is 2. The van der Waals surface area contributed by atoms with E-state index in [0.717, 1.165) is 29.3 Å². The molecule has 0 aliphatic rings. The van der Waals surface area contributed by atoms with E-state index >= 15 is 0 Å². The van der Waals surface area contributed by atoms with E-state index in [1.165, 1.54) is 0 Å². The third-order valence-electron chi connectivity index (χ3n) is 3.12. The van der Waals surface area contributed by atoms with E-state index in [2.05, 4.69) is 0 Å². The van der Waals surface area contributed by atoms with Gasteiger partial charge in [-0.2, -0.15) is 0 Å². The van der Waals surface area contributed by atoms with Crippen LogP contribution in [0.15, 0.2) is 36.4 Å².